The standard InChI is InChI=1S/C16H25N3O.ClH/c1-3-13-4-6-14(7-5-13)18-16(20)12-19(2)15-8-10-17-11-9-15;/h4-7,15,17H,3,8-12H2,1-2H3,(H,18,20);1H. The molecule has 2 N–H and O–H groups in total. The lowest BCUT2D eigenvalue weighted by atomic mass is 10.1. The number of carbonyl (C=O) groups is 1. The molecular formula is C16H26ClN3O. The van der Waals surface area contributed by atoms with Crippen LogP contribution in [-0.4, -0.2) is 43.5 Å². The molecule has 1 heterocycles. The molecule has 21 heavy (non-hydrogen) atoms. The molecule has 0 saturated carbocycles. The van der Waals surface area contributed by atoms with Crippen molar-refractivity contribution < 1.29 is 4.79 Å². The number of benzene rings is 1. The fourth-order valence-corrected chi connectivity index (χ4v) is 2.63. The molecule has 1 aromatic carbocycles. The number of nitrogens with one attached hydrogen (secondary N) is 2. The third-order valence-electron chi connectivity index (χ3n) is 3.97. The molecule has 118 valence electrons. The number of nitrogens with zero attached hydrogens (tertiary/aromatic N) is 1. The van der Waals surface area contributed by atoms with Gasteiger partial charge >= 0.3 is 0 Å². The van der Waals surface area contributed by atoms with Crippen molar-refractivity contribution in [2.45, 2.75) is 32.2 Å². The van der Waals surface area contributed by atoms with Crippen LogP contribution in [0.2, 0.25) is 0 Å². The number of hydrogen-bond donors (Lipinski definition) is 2. The number of aryl methyl sites for hydroxylation is 1. The molecule has 1 aromatic rings. The molecule has 4 nitrogen and oxygen atoms in total. The van der Waals surface area contributed by atoms with Crippen molar-refractivity contribution in [3.8, 4) is 0 Å². The molecule has 0 bridgehead atoms. The van der Waals surface area contributed by atoms with Gasteiger partial charge in [-0.3, -0.25) is 9.69 Å². The van der Waals surface area contributed by atoms with E-state index in [1.807, 2.05) is 19.2 Å². The van der Waals surface area contributed by atoms with Crippen LogP contribution in [0.3, 0.4) is 0 Å². The molecule has 0 aromatic heterocycles. The fourth-order valence-electron chi connectivity index (χ4n) is 2.63. The number of likely N-dealkylation sites (N-methyl/N-ethyl adjacent to an activating group) is 1. The summed E-state index contributed by atoms with van der Waals surface area (Å²) in [6.07, 6.45) is 3.26. The Labute approximate surface area is 133 Å². The first-order chi connectivity index (χ1) is 9.69. The van der Waals surface area contributed by atoms with Crippen LogP contribution in [0.5, 0.6) is 0 Å². The highest BCUT2D eigenvalue weighted by Crippen LogP contribution is 2.12. The van der Waals surface area contributed by atoms with Gasteiger partial charge in [-0.25, -0.2) is 0 Å². The number of halogens is 1. The van der Waals surface area contributed by atoms with E-state index in [-0.39, 0.29) is 18.3 Å². The highest BCUT2D eigenvalue weighted by molar-refractivity contribution is 5.92. The van der Waals surface area contributed by atoms with Gasteiger partial charge in [-0.05, 0) is 57.1 Å². The number of amides is 1. The largest absolute Gasteiger partial charge is 0.325 e. The molecule has 2 rings (SSSR count). The van der Waals surface area contributed by atoms with Crippen molar-refractivity contribution in [2.24, 2.45) is 0 Å². The van der Waals surface area contributed by atoms with Gasteiger partial charge in [0, 0.05) is 11.7 Å². The van der Waals surface area contributed by atoms with Crippen LogP contribution in [0.1, 0.15) is 25.3 Å². The van der Waals surface area contributed by atoms with E-state index in [9.17, 15) is 4.79 Å². The number of anilines is 1. The Bertz CT molecular complexity index is 430. The Balaban J connectivity index is 0.00000220. The number of rotatable bonds is 5. The van der Waals surface area contributed by atoms with Gasteiger partial charge in [-0.15, -0.1) is 12.4 Å². The summed E-state index contributed by atoms with van der Waals surface area (Å²) in [5.41, 5.74) is 2.17. The van der Waals surface area contributed by atoms with Crippen molar-refractivity contribution in [1.29, 1.82) is 0 Å². The first kappa shape index (κ1) is 18.0. The van der Waals surface area contributed by atoms with Crippen LogP contribution < -0.4 is 10.6 Å². The molecule has 1 saturated heterocycles. The summed E-state index contributed by atoms with van der Waals surface area (Å²) in [6.45, 7) is 4.69. The predicted molar refractivity (Wildman–Crippen MR) is 90.2 cm³/mol. The first-order valence-corrected chi connectivity index (χ1v) is 7.48. The molecule has 1 amide bonds. The third kappa shape index (κ3) is 5.65. The Morgan fingerprint density at radius 2 is 1.90 bits per heavy atom. The van der Waals surface area contributed by atoms with Crippen LogP contribution in [0.25, 0.3) is 0 Å². The number of hydrogen-bond acceptors (Lipinski definition) is 3. The Morgan fingerprint density at radius 1 is 1.29 bits per heavy atom. The van der Waals surface area contributed by atoms with Gasteiger partial charge in [-0.2, -0.15) is 0 Å². The van der Waals surface area contributed by atoms with E-state index in [0.717, 1.165) is 38.0 Å². The second-order valence-electron chi connectivity index (χ2n) is 5.49. The van der Waals surface area contributed by atoms with Gasteiger partial charge < -0.3 is 10.6 Å². The predicted octanol–water partition coefficient (Wildman–Crippen LogP) is 2.29. The lowest BCUT2D eigenvalue weighted by Gasteiger charge is -2.31. The maximum atomic E-state index is 12.1. The summed E-state index contributed by atoms with van der Waals surface area (Å²) in [6, 6.07) is 8.59. The highest BCUT2D eigenvalue weighted by Gasteiger charge is 2.19. The molecule has 5 heteroatoms. The van der Waals surface area contributed by atoms with E-state index < -0.39 is 0 Å². The van der Waals surface area contributed by atoms with Crippen LogP contribution >= 0.6 is 12.4 Å². The summed E-state index contributed by atoms with van der Waals surface area (Å²) < 4.78 is 0. The van der Waals surface area contributed by atoms with E-state index >= 15 is 0 Å². The zero-order chi connectivity index (χ0) is 14.4. The summed E-state index contributed by atoms with van der Waals surface area (Å²) >= 11 is 0. The van der Waals surface area contributed by atoms with Crippen molar-refractivity contribution in [2.75, 3.05) is 32.0 Å². The Morgan fingerprint density at radius 3 is 2.48 bits per heavy atom. The van der Waals surface area contributed by atoms with Crippen LogP contribution in [0, 0.1) is 0 Å². The second-order valence-corrected chi connectivity index (χ2v) is 5.49. The van der Waals surface area contributed by atoms with Gasteiger partial charge in [0.25, 0.3) is 0 Å². The zero-order valence-corrected chi connectivity index (χ0v) is 13.7. The van der Waals surface area contributed by atoms with Crippen molar-refractivity contribution >= 4 is 24.0 Å². The first-order valence-electron chi connectivity index (χ1n) is 7.48. The van der Waals surface area contributed by atoms with Gasteiger partial charge in [0.2, 0.25) is 5.91 Å². The summed E-state index contributed by atoms with van der Waals surface area (Å²) in [7, 11) is 2.04. The normalized spacial score (nSPS) is 15.6. The number of piperidine rings is 1. The molecule has 1 aliphatic rings. The van der Waals surface area contributed by atoms with E-state index in [4.69, 9.17) is 0 Å². The molecule has 1 fully saturated rings. The maximum absolute atomic E-state index is 12.1. The maximum Gasteiger partial charge on any atom is 0.238 e. The molecule has 0 aliphatic carbocycles. The Kier molecular flexibility index (Phi) is 7.72. The van der Waals surface area contributed by atoms with Gasteiger partial charge in [0.15, 0.2) is 0 Å². The van der Waals surface area contributed by atoms with Crippen LogP contribution in [-0.2, 0) is 11.2 Å². The summed E-state index contributed by atoms with van der Waals surface area (Å²) in [4.78, 5) is 14.2. The molecule has 0 spiro atoms. The molecule has 0 atom stereocenters. The monoisotopic (exact) mass is 311 g/mol. The van der Waals surface area contributed by atoms with Crippen molar-refractivity contribution in [3.63, 3.8) is 0 Å². The SMILES string of the molecule is CCc1ccc(NC(=O)CN(C)C2CCNCC2)cc1.Cl. The lowest BCUT2D eigenvalue weighted by Crippen LogP contribution is -2.44. The van der Waals surface area contributed by atoms with E-state index in [1.54, 1.807) is 0 Å². The van der Waals surface area contributed by atoms with Crippen LogP contribution in [0.15, 0.2) is 24.3 Å². The average Bonchev–Trinajstić information content (AvgIpc) is 2.49. The molecule has 0 unspecified atom stereocenters. The van der Waals surface area contributed by atoms with Gasteiger partial charge in [0.05, 0.1) is 6.54 Å². The third-order valence-corrected chi connectivity index (χ3v) is 3.97. The Hall–Kier alpha value is -1.10. The van der Waals surface area contributed by atoms with Crippen LogP contribution in [0.4, 0.5) is 5.69 Å². The van der Waals surface area contributed by atoms with E-state index in [2.05, 4.69) is 34.6 Å². The van der Waals surface area contributed by atoms with Crippen molar-refractivity contribution in [3.05, 3.63) is 29.8 Å². The smallest absolute Gasteiger partial charge is 0.238 e. The van der Waals surface area contributed by atoms with Gasteiger partial charge in [-0.1, -0.05) is 19.1 Å². The quantitative estimate of drug-likeness (QED) is 0.877. The minimum Gasteiger partial charge on any atom is -0.325 e. The molecule has 0 radical (unpaired) electrons. The average molecular weight is 312 g/mol. The second kappa shape index (κ2) is 9.03. The topological polar surface area (TPSA) is 44.4 Å². The summed E-state index contributed by atoms with van der Waals surface area (Å²) in [5, 5.41) is 6.31. The van der Waals surface area contributed by atoms with Gasteiger partial charge in [0.1, 0.15) is 0 Å². The lowest BCUT2D eigenvalue weighted by molar-refractivity contribution is -0.117. The van der Waals surface area contributed by atoms with E-state index in [0.29, 0.717) is 12.6 Å². The summed E-state index contributed by atoms with van der Waals surface area (Å²) in [5.74, 6) is 0.0651. The zero-order valence-electron chi connectivity index (χ0n) is 12.9. The minimum atomic E-state index is 0. The highest BCUT2D eigenvalue weighted by atomic mass is 35.5. The van der Waals surface area contributed by atoms with E-state index in [1.165, 1.54) is 5.56 Å². The molecular weight excluding hydrogens is 286 g/mol. The fraction of sp³-hybridized carbons (Fsp3) is 0.562. The van der Waals surface area contributed by atoms with Crippen molar-refractivity contribution in [1.82, 2.24) is 10.2 Å². The minimum absolute atomic E-state index is 0. The molecule has 1 aliphatic heterocycles. The number of carbonyl (C=O) groups excluding carboxylic acids is 1.